The lowest BCUT2D eigenvalue weighted by Crippen LogP contribution is -2.31. The SMILES string of the molecule is O=C(/C=C/c1cccc(-c2nc3ccccc3n2[C@H]2CCCNC2)c1)NO. The zero-order chi connectivity index (χ0) is 18.6. The molecule has 0 saturated carbocycles. The highest BCUT2D eigenvalue weighted by molar-refractivity contribution is 5.91. The Balaban J connectivity index is 1.79. The summed E-state index contributed by atoms with van der Waals surface area (Å²) in [5.74, 6) is 0.382. The number of rotatable bonds is 4. The molecule has 4 rings (SSSR count). The third kappa shape index (κ3) is 3.63. The average Bonchev–Trinajstić information content (AvgIpc) is 3.12. The first-order valence-corrected chi connectivity index (χ1v) is 9.16. The standard InChI is InChI=1S/C21H22N4O2/c26-20(24-27)11-10-15-5-3-6-16(13-15)21-23-18-8-1-2-9-19(18)25(21)17-7-4-12-22-14-17/h1-3,5-6,8-11,13,17,22,27H,4,7,12,14H2,(H,24,26)/b11-10+/t17-/m0/s1. The van der Waals surface area contributed by atoms with Crippen LogP contribution in [-0.4, -0.2) is 33.8 Å². The van der Waals surface area contributed by atoms with Gasteiger partial charge in [0.15, 0.2) is 0 Å². The molecule has 0 aliphatic carbocycles. The predicted octanol–water partition coefficient (Wildman–Crippen LogP) is 3.15. The van der Waals surface area contributed by atoms with Gasteiger partial charge in [0, 0.05) is 24.2 Å². The van der Waals surface area contributed by atoms with Crippen molar-refractivity contribution < 1.29 is 10.0 Å². The Hall–Kier alpha value is -2.96. The van der Waals surface area contributed by atoms with Gasteiger partial charge in [-0.15, -0.1) is 0 Å². The summed E-state index contributed by atoms with van der Waals surface area (Å²) in [5, 5.41) is 12.1. The maximum atomic E-state index is 11.2. The maximum Gasteiger partial charge on any atom is 0.267 e. The molecule has 0 radical (unpaired) electrons. The number of carbonyl (C=O) groups excluding carboxylic acids is 1. The van der Waals surface area contributed by atoms with E-state index in [9.17, 15) is 4.79 Å². The number of hydrogen-bond acceptors (Lipinski definition) is 4. The van der Waals surface area contributed by atoms with Gasteiger partial charge < -0.3 is 9.88 Å². The Kier molecular flexibility index (Phi) is 5.00. The number of carbonyl (C=O) groups is 1. The zero-order valence-electron chi connectivity index (χ0n) is 14.9. The fourth-order valence-corrected chi connectivity index (χ4v) is 3.66. The van der Waals surface area contributed by atoms with E-state index in [0.717, 1.165) is 53.9 Å². The van der Waals surface area contributed by atoms with E-state index in [-0.39, 0.29) is 0 Å². The first-order chi connectivity index (χ1) is 13.3. The van der Waals surface area contributed by atoms with Gasteiger partial charge in [-0.1, -0.05) is 30.3 Å². The first kappa shape index (κ1) is 17.5. The van der Waals surface area contributed by atoms with Crippen molar-refractivity contribution >= 4 is 23.0 Å². The fraction of sp³-hybridized carbons (Fsp3) is 0.238. The van der Waals surface area contributed by atoms with Crippen molar-refractivity contribution in [3.05, 3.63) is 60.2 Å². The van der Waals surface area contributed by atoms with Crippen molar-refractivity contribution in [3.8, 4) is 11.4 Å². The number of piperidine rings is 1. The molecule has 0 bridgehead atoms. The van der Waals surface area contributed by atoms with Crippen LogP contribution in [0.4, 0.5) is 0 Å². The van der Waals surface area contributed by atoms with Crippen molar-refractivity contribution in [2.24, 2.45) is 0 Å². The molecule has 27 heavy (non-hydrogen) atoms. The maximum absolute atomic E-state index is 11.2. The Morgan fingerprint density at radius 3 is 2.96 bits per heavy atom. The lowest BCUT2D eigenvalue weighted by Gasteiger charge is -2.26. The summed E-state index contributed by atoms with van der Waals surface area (Å²) in [5.41, 5.74) is 5.60. The number of imidazole rings is 1. The number of benzene rings is 2. The van der Waals surface area contributed by atoms with E-state index in [2.05, 4.69) is 16.0 Å². The van der Waals surface area contributed by atoms with E-state index >= 15 is 0 Å². The number of nitrogens with zero attached hydrogens (tertiary/aromatic N) is 2. The summed E-state index contributed by atoms with van der Waals surface area (Å²) in [6, 6.07) is 16.5. The van der Waals surface area contributed by atoms with E-state index in [1.807, 2.05) is 42.5 Å². The van der Waals surface area contributed by atoms with Crippen LogP contribution in [0, 0.1) is 0 Å². The second-order valence-corrected chi connectivity index (χ2v) is 6.73. The first-order valence-electron chi connectivity index (χ1n) is 9.16. The van der Waals surface area contributed by atoms with Crippen LogP contribution in [0.25, 0.3) is 28.5 Å². The van der Waals surface area contributed by atoms with Crippen molar-refractivity contribution in [1.82, 2.24) is 20.3 Å². The molecule has 3 N–H and O–H groups in total. The number of nitrogens with one attached hydrogen (secondary N) is 2. The minimum atomic E-state index is -0.555. The smallest absolute Gasteiger partial charge is 0.267 e. The van der Waals surface area contributed by atoms with Crippen molar-refractivity contribution in [2.75, 3.05) is 13.1 Å². The van der Waals surface area contributed by atoms with Gasteiger partial charge in [-0.2, -0.15) is 0 Å². The summed E-state index contributed by atoms with van der Waals surface area (Å²) in [6.07, 6.45) is 5.24. The Morgan fingerprint density at radius 2 is 2.15 bits per heavy atom. The number of hydroxylamine groups is 1. The molecule has 0 spiro atoms. The van der Waals surface area contributed by atoms with Crippen molar-refractivity contribution in [3.63, 3.8) is 0 Å². The van der Waals surface area contributed by atoms with Crippen LogP contribution < -0.4 is 10.8 Å². The average molecular weight is 362 g/mol. The number of fused-ring (bicyclic) bond motifs is 1. The highest BCUT2D eigenvalue weighted by Crippen LogP contribution is 2.31. The quantitative estimate of drug-likeness (QED) is 0.378. The number of amides is 1. The lowest BCUT2D eigenvalue weighted by atomic mass is 10.1. The second kappa shape index (κ2) is 7.73. The van der Waals surface area contributed by atoms with Gasteiger partial charge in [0.25, 0.3) is 5.91 Å². The van der Waals surface area contributed by atoms with Crippen LogP contribution in [0.2, 0.25) is 0 Å². The van der Waals surface area contributed by atoms with Crippen molar-refractivity contribution in [1.29, 1.82) is 0 Å². The van der Waals surface area contributed by atoms with Gasteiger partial charge in [-0.3, -0.25) is 10.0 Å². The molecule has 6 heteroatoms. The summed E-state index contributed by atoms with van der Waals surface area (Å²) in [7, 11) is 0. The molecule has 2 aromatic carbocycles. The molecule has 1 amide bonds. The van der Waals surface area contributed by atoms with Gasteiger partial charge in [-0.05, 0) is 49.2 Å². The zero-order valence-corrected chi connectivity index (χ0v) is 14.9. The van der Waals surface area contributed by atoms with E-state index in [1.54, 1.807) is 11.6 Å². The highest BCUT2D eigenvalue weighted by atomic mass is 16.5. The predicted molar refractivity (Wildman–Crippen MR) is 105 cm³/mol. The summed E-state index contributed by atoms with van der Waals surface area (Å²) in [4.78, 5) is 16.1. The van der Waals surface area contributed by atoms with Crippen LogP contribution in [0.5, 0.6) is 0 Å². The molecule has 1 aliphatic rings. The molecular weight excluding hydrogens is 340 g/mol. The molecule has 1 aliphatic heterocycles. The third-order valence-corrected chi connectivity index (χ3v) is 4.91. The van der Waals surface area contributed by atoms with Crippen LogP contribution in [0.1, 0.15) is 24.4 Å². The second-order valence-electron chi connectivity index (χ2n) is 6.73. The molecule has 1 saturated heterocycles. The van der Waals surface area contributed by atoms with Gasteiger partial charge in [-0.25, -0.2) is 10.5 Å². The molecule has 2 heterocycles. The molecule has 6 nitrogen and oxygen atoms in total. The van der Waals surface area contributed by atoms with E-state index in [4.69, 9.17) is 10.2 Å². The summed E-state index contributed by atoms with van der Waals surface area (Å²) < 4.78 is 2.34. The van der Waals surface area contributed by atoms with E-state index in [1.165, 1.54) is 6.08 Å². The highest BCUT2D eigenvalue weighted by Gasteiger charge is 2.21. The normalized spacial score (nSPS) is 17.4. The minimum Gasteiger partial charge on any atom is -0.320 e. The largest absolute Gasteiger partial charge is 0.320 e. The van der Waals surface area contributed by atoms with Gasteiger partial charge in [0.2, 0.25) is 0 Å². The van der Waals surface area contributed by atoms with E-state index < -0.39 is 5.91 Å². The van der Waals surface area contributed by atoms with Crippen LogP contribution in [-0.2, 0) is 4.79 Å². The molecule has 1 atom stereocenters. The van der Waals surface area contributed by atoms with Crippen molar-refractivity contribution in [2.45, 2.75) is 18.9 Å². The van der Waals surface area contributed by atoms with E-state index in [0.29, 0.717) is 6.04 Å². The fourth-order valence-electron chi connectivity index (χ4n) is 3.66. The molecule has 1 aromatic heterocycles. The number of para-hydroxylation sites is 2. The van der Waals surface area contributed by atoms with Gasteiger partial charge in [0.05, 0.1) is 11.0 Å². The van der Waals surface area contributed by atoms with Crippen LogP contribution in [0.3, 0.4) is 0 Å². The minimum absolute atomic E-state index is 0.362. The Bertz CT molecular complexity index is 987. The molecule has 3 aromatic rings. The lowest BCUT2D eigenvalue weighted by molar-refractivity contribution is -0.124. The van der Waals surface area contributed by atoms with Gasteiger partial charge in [0.1, 0.15) is 5.82 Å². The molecule has 1 fully saturated rings. The van der Waals surface area contributed by atoms with Gasteiger partial charge >= 0.3 is 0 Å². The Labute approximate surface area is 157 Å². The molecular formula is C21H22N4O2. The van der Waals surface area contributed by atoms with Crippen LogP contribution in [0.15, 0.2) is 54.6 Å². The molecule has 138 valence electrons. The number of hydrogen-bond donors (Lipinski definition) is 3. The summed E-state index contributed by atoms with van der Waals surface area (Å²) >= 11 is 0. The topological polar surface area (TPSA) is 79.2 Å². The Morgan fingerprint density at radius 1 is 1.26 bits per heavy atom. The third-order valence-electron chi connectivity index (χ3n) is 4.91. The monoisotopic (exact) mass is 362 g/mol. The molecule has 0 unspecified atom stereocenters. The summed E-state index contributed by atoms with van der Waals surface area (Å²) in [6.45, 7) is 2.00. The van der Waals surface area contributed by atoms with Crippen LogP contribution >= 0.6 is 0 Å². The number of aromatic nitrogens is 2.